The van der Waals surface area contributed by atoms with Crippen LogP contribution in [0.1, 0.15) is 106 Å². The van der Waals surface area contributed by atoms with E-state index in [4.69, 9.17) is 14.2 Å². The number of aliphatic hydroxyl groups is 1. The van der Waals surface area contributed by atoms with Gasteiger partial charge in [-0.05, 0) is 100 Å². The average molecular weight is 535 g/mol. The quantitative estimate of drug-likeness (QED) is 0.342. The molecule has 0 aromatic carbocycles. The molecule has 0 aromatic rings. The maximum absolute atomic E-state index is 12.4. The Hall–Kier alpha value is -1.63. The fraction of sp³-hybridized carbons (Fsp3) is 0.903. The van der Waals surface area contributed by atoms with Gasteiger partial charge in [0.05, 0.1) is 12.2 Å². The summed E-state index contributed by atoms with van der Waals surface area (Å²) in [6.45, 7) is 13.6. The Morgan fingerprint density at radius 1 is 0.921 bits per heavy atom. The van der Waals surface area contributed by atoms with E-state index >= 15 is 0 Å². The number of hydrogen-bond donors (Lipinski definition) is 1. The number of esters is 3. The third-order valence-corrected chi connectivity index (χ3v) is 11.3. The zero-order valence-corrected chi connectivity index (χ0v) is 24.5. The first kappa shape index (κ1) is 29.4. The number of rotatable bonds is 7. The van der Waals surface area contributed by atoms with E-state index in [1.165, 1.54) is 13.8 Å². The summed E-state index contributed by atoms with van der Waals surface area (Å²) in [7, 11) is 0. The van der Waals surface area contributed by atoms with Crippen molar-refractivity contribution in [2.75, 3.05) is 0 Å². The van der Waals surface area contributed by atoms with Gasteiger partial charge in [-0.1, -0.05) is 20.8 Å². The van der Waals surface area contributed by atoms with E-state index in [2.05, 4.69) is 20.8 Å². The highest BCUT2D eigenvalue weighted by atomic mass is 16.6. The van der Waals surface area contributed by atoms with Crippen LogP contribution >= 0.6 is 0 Å². The smallest absolute Gasteiger partial charge is 0.306 e. The van der Waals surface area contributed by atoms with E-state index < -0.39 is 0 Å². The van der Waals surface area contributed by atoms with E-state index in [0.717, 1.165) is 51.4 Å². The third kappa shape index (κ3) is 5.38. The number of aliphatic hydroxyl groups excluding tert-OH is 1. The van der Waals surface area contributed by atoms with E-state index in [1.54, 1.807) is 0 Å². The number of carbonyl (C=O) groups excluding carboxylic acids is 3. The van der Waals surface area contributed by atoms with Crippen LogP contribution in [0, 0.1) is 46.3 Å². The van der Waals surface area contributed by atoms with Crippen molar-refractivity contribution in [3.63, 3.8) is 0 Å². The molecular weight excluding hydrogens is 484 g/mol. The molecule has 0 radical (unpaired) electrons. The number of fused-ring (bicyclic) bond motifs is 5. The van der Waals surface area contributed by atoms with Crippen molar-refractivity contribution in [3.05, 3.63) is 0 Å². The van der Waals surface area contributed by atoms with Gasteiger partial charge in [0.2, 0.25) is 0 Å². The lowest BCUT2D eigenvalue weighted by atomic mass is 9.43. The van der Waals surface area contributed by atoms with E-state index in [-0.39, 0.29) is 82.7 Å². The summed E-state index contributed by atoms with van der Waals surface area (Å²) in [4.78, 5) is 37.0. The lowest BCUT2D eigenvalue weighted by Gasteiger charge is -2.64. The van der Waals surface area contributed by atoms with Gasteiger partial charge < -0.3 is 19.3 Å². The lowest BCUT2D eigenvalue weighted by Crippen LogP contribution is -2.63. The first-order valence-electron chi connectivity index (χ1n) is 15.0. The third-order valence-electron chi connectivity index (χ3n) is 11.3. The molecule has 0 saturated heterocycles. The Balaban J connectivity index is 1.67. The fourth-order valence-corrected chi connectivity index (χ4v) is 9.66. The second-order valence-electron chi connectivity index (χ2n) is 13.7. The van der Waals surface area contributed by atoms with Crippen molar-refractivity contribution < 1.29 is 33.7 Å². The van der Waals surface area contributed by atoms with E-state index in [9.17, 15) is 19.5 Å². The number of hydrogen-bond acceptors (Lipinski definition) is 7. The van der Waals surface area contributed by atoms with Crippen molar-refractivity contribution in [2.45, 2.75) is 131 Å². The predicted molar refractivity (Wildman–Crippen MR) is 143 cm³/mol. The minimum absolute atomic E-state index is 0.0184. The summed E-state index contributed by atoms with van der Waals surface area (Å²) in [5.74, 6) is 0.907. The Kier molecular flexibility index (Phi) is 8.57. The molecule has 7 nitrogen and oxygen atoms in total. The zero-order chi connectivity index (χ0) is 28.0. The number of ether oxygens (including phenoxy) is 3. The predicted octanol–water partition coefficient (Wildman–Crippen LogP) is 5.46. The Morgan fingerprint density at radius 3 is 2.24 bits per heavy atom. The highest BCUT2D eigenvalue weighted by Crippen LogP contribution is 2.69. The molecule has 4 saturated carbocycles. The van der Waals surface area contributed by atoms with Gasteiger partial charge in [-0.3, -0.25) is 14.4 Å². The van der Waals surface area contributed by atoms with Crippen LogP contribution in [0.2, 0.25) is 0 Å². The van der Waals surface area contributed by atoms with Gasteiger partial charge in [0, 0.05) is 31.6 Å². The molecule has 1 N–H and O–H groups in total. The summed E-state index contributed by atoms with van der Waals surface area (Å²) >= 11 is 0. The molecule has 38 heavy (non-hydrogen) atoms. The highest BCUT2D eigenvalue weighted by Gasteiger charge is 2.67. The van der Waals surface area contributed by atoms with Crippen LogP contribution in [0.15, 0.2) is 0 Å². The van der Waals surface area contributed by atoms with Crippen LogP contribution < -0.4 is 0 Å². The van der Waals surface area contributed by atoms with Gasteiger partial charge in [-0.2, -0.15) is 0 Å². The van der Waals surface area contributed by atoms with Gasteiger partial charge in [0.1, 0.15) is 12.2 Å². The Labute approximate surface area is 228 Å². The first-order valence-corrected chi connectivity index (χ1v) is 15.0. The molecule has 0 spiro atoms. The van der Waals surface area contributed by atoms with Crippen molar-refractivity contribution in [2.24, 2.45) is 46.3 Å². The van der Waals surface area contributed by atoms with Crippen LogP contribution in [0.25, 0.3) is 0 Å². The SMILES string of the molecule is CC(=O)O[C@H]1CC2C([C@H](OC(C)=O)C[C@@H]3C[C@H](O)CC[C@]23C)[C@@H]2CC[C@H]([C@H](C)CCC(=O)OC(C)C)[C@@]12C. The van der Waals surface area contributed by atoms with Crippen LogP contribution in [0.4, 0.5) is 0 Å². The van der Waals surface area contributed by atoms with Gasteiger partial charge in [0.25, 0.3) is 0 Å². The molecule has 216 valence electrons. The highest BCUT2D eigenvalue weighted by molar-refractivity contribution is 5.69. The van der Waals surface area contributed by atoms with E-state index in [0.29, 0.717) is 12.3 Å². The van der Waals surface area contributed by atoms with Crippen LogP contribution in [-0.2, 0) is 28.6 Å². The van der Waals surface area contributed by atoms with Crippen molar-refractivity contribution in [3.8, 4) is 0 Å². The minimum Gasteiger partial charge on any atom is -0.463 e. The normalized spacial score (nSPS) is 42.9. The molecule has 7 heteroatoms. The first-order chi connectivity index (χ1) is 17.8. The van der Waals surface area contributed by atoms with Crippen LogP contribution in [-0.4, -0.2) is 47.4 Å². The second-order valence-corrected chi connectivity index (χ2v) is 13.7. The van der Waals surface area contributed by atoms with Crippen LogP contribution in [0.3, 0.4) is 0 Å². The molecular formula is C31H50O7. The molecule has 4 fully saturated rings. The average Bonchev–Trinajstić information content (AvgIpc) is 3.16. The van der Waals surface area contributed by atoms with Crippen molar-refractivity contribution >= 4 is 17.9 Å². The standard InChI is InChI=1S/C31H50O7/c1-17(2)36-28(35)11-8-18(3)23-9-10-24-29-25(16-27(31(23,24)7)38-20(5)33)30(6)13-12-22(34)14-21(30)15-26(29)37-19(4)32/h17-18,21-27,29,34H,8-16H2,1-7H3/t18-,21+,22-,23-,24+,25?,26-,27+,29?,30+,31-/m1/s1. The summed E-state index contributed by atoms with van der Waals surface area (Å²) in [5.41, 5.74) is -0.242. The molecule has 4 aliphatic rings. The molecule has 0 bridgehead atoms. The summed E-state index contributed by atoms with van der Waals surface area (Å²) in [6, 6.07) is 0. The van der Waals surface area contributed by atoms with Gasteiger partial charge in [-0.25, -0.2) is 0 Å². The van der Waals surface area contributed by atoms with E-state index in [1.807, 2.05) is 13.8 Å². The molecule has 2 unspecified atom stereocenters. The fourth-order valence-electron chi connectivity index (χ4n) is 9.66. The van der Waals surface area contributed by atoms with Crippen molar-refractivity contribution in [1.29, 1.82) is 0 Å². The maximum atomic E-state index is 12.4. The second kappa shape index (κ2) is 11.1. The topological polar surface area (TPSA) is 99.1 Å². The molecule has 0 heterocycles. The van der Waals surface area contributed by atoms with Crippen molar-refractivity contribution in [1.82, 2.24) is 0 Å². The monoisotopic (exact) mass is 534 g/mol. The Morgan fingerprint density at radius 2 is 1.61 bits per heavy atom. The zero-order valence-electron chi connectivity index (χ0n) is 24.5. The molecule has 4 aliphatic carbocycles. The molecule has 4 rings (SSSR count). The van der Waals surface area contributed by atoms with Crippen LogP contribution in [0.5, 0.6) is 0 Å². The summed E-state index contributed by atoms with van der Waals surface area (Å²) in [5, 5.41) is 10.5. The lowest BCUT2D eigenvalue weighted by molar-refractivity contribution is -0.223. The largest absolute Gasteiger partial charge is 0.463 e. The van der Waals surface area contributed by atoms with Gasteiger partial charge in [0.15, 0.2) is 0 Å². The molecule has 0 amide bonds. The molecule has 0 aromatic heterocycles. The molecule has 11 atom stereocenters. The molecule has 0 aliphatic heterocycles. The Bertz CT molecular complexity index is 901. The maximum Gasteiger partial charge on any atom is 0.306 e. The van der Waals surface area contributed by atoms with Gasteiger partial charge >= 0.3 is 17.9 Å². The van der Waals surface area contributed by atoms with Gasteiger partial charge in [-0.15, -0.1) is 0 Å². The summed E-state index contributed by atoms with van der Waals surface area (Å²) < 4.78 is 17.7. The summed E-state index contributed by atoms with van der Waals surface area (Å²) in [6.07, 6.45) is 6.34. The number of carbonyl (C=O) groups is 3. The minimum atomic E-state index is -0.306.